The maximum Gasteiger partial charge on any atom is 0.217 e. The summed E-state index contributed by atoms with van der Waals surface area (Å²) in [6.07, 6.45) is 0. The second-order valence-electron chi connectivity index (χ2n) is 3.19. The Morgan fingerprint density at radius 3 is 2.93 bits per heavy atom. The van der Waals surface area contributed by atoms with E-state index in [4.69, 9.17) is 9.47 Å². The average Bonchev–Trinajstić information content (AvgIpc) is 2.60. The zero-order valence-electron chi connectivity index (χ0n) is 9.03. The molecule has 0 spiro atoms. The molecule has 0 radical (unpaired) electrons. The largest absolute Gasteiger partial charge is 0.495 e. The molecule has 0 saturated carbocycles. The molecule has 0 unspecified atom stereocenters. The predicted molar refractivity (Wildman–Crippen MR) is 62.1 cm³/mol. The van der Waals surface area contributed by atoms with Gasteiger partial charge in [0.15, 0.2) is 0 Å². The smallest absolute Gasteiger partial charge is 0.217 e. The fraction of sp³-hybridized carbons (Fsp3) is 0.364. The van der Waals surface area contributed by atoms with E-state index in [1.807, 2.05) is 19.9 Å². The molecule has 2 aromatic heterocycles. The second-order valence-corrected chi connectivity index (χ2v) is 4.07. The summed E-state index contributed by atoms with van der Waals surface area (Å²) < 4.78 is 11.8. The Bertz CT molecular complexity index is 479. The molecular weight excluding hydrogens is 210 g/mol. The van der Waals surface area contributed by atoms with Crippen molar-refractivity contribution in [2.75, 3.05) is 13.7 Å². The quantitative estimate of drug-likeness (QED) is 0.801. The molecule has 0 aliphatic carbocycles. The maximum atomic E-state index is 5.39. The van der Waals surface area contributed by atoms with Crippen LogP contribution in [0.3, 0.4) is 0 Å². The van der Waals surface area contributed by atoms with Crippen LogP contribution in [0.4, 0.5) is 0 Å². The predicted octanol–water partition coefficient (Wildman–Crippen LogP) is 3.01. The molecule has 0 amide bonds. The van der Waals surface area contributed by atoms with Gasteiger partial charge in [0.25, 0.3) is 0 Å². The highest BCUT2D eigenvalue weighted by Crippen LogP contribution is 2.34. The van der Waals surface area contributed by atoms with Crippen LogP contribution >= 0.6 is 11.3 Å². The molecule has 4 heteroatoms. The highest BCUT2D eigenvalue weighted by molar-refractivity contribution is 7.17. The lowest BCUT2D eigenvalue weighted by Crippen LogP contribution is -1.95. The fourth-order valence-corrected chi connectivity index (χ4v) is 2.43. The number of ether oxygens (including phenoxy) is 2. The number of nitrogens with zero attached hydrogens (tertiary/aromatic N) is 1. The molecule has 0 aromatic carbocycles. The molecule has 0 fully saturated rings. The van der Waals surface area contributed by atoms with Crippen LogP contribution in [-0.2, 0) is 0 Å². The van der Waals surface area contributed by atoms with E-state index in [0.29, 0.717) is 12.5 Å². The molecule has 0 N–H and O–H groups in total. The van der Waals surface area contributed by atoms with Gasteiger partial charge in [-0.25, -0.2) is 4.98 Å². The second kappa shape index (κ2) is 4.06. The van der Waals surface area contributed by atoms with Crippen LogP contribution in [0.5, 0.6) is 11.6 Å². The zero-order chi connectivity index (χ0) is 10.8. The van der Waals surface area contributed by atoms with Crippen molar-refractivity contribution < 1.29 is 9.47 Å². The van der Waals surface area contributed by atoms with Gasteiger partial charge in [0, 0.05) is 6.07 Å². The molecule has 0 aliphatic rings. The van der Waals surface area contributed by atoms with E-state index in [2.05, 4.69) is 10.4 Å². The Hall–Kier alpha value is -1.29. The first-order chi connectivity index (χ1) is 7.26. The van der Waals surface area contributed by atoms with Gasteiger partial charge >= 0.3 is 0 Å². The lowest BCUT2D eigenvalue weighted by atomic mass is 10.3. The van der Waals surface area contributed by atoms with Crippen LogP contribution in [-0.4, -0.2) is 18.7 Å². The summed E-state index contributed by atoms with van der Waals surface area (Å²) in [7, 11) is 1.67. The first-order valence-electron chi connectivity index (χ1n) is 4.82. The van der Waals surface area contributed by atoms with E-state index >= 15 is 0 Å². The number of methoxy groups -OCH3 is 1. The van der Waals surface area contributed by atoms with E-state index in [0.717, 1.165) is 21.5 Å². The number of aromatic nitrogens is 1. The van der Waals surface area contributed by atoms with Crippen LogP contribution in [0.2, 0.25) is 0 Å². The van der Waals surface area contributed by atoms with Crippen molar-refractivity contribution in [1.29, 1.82) is 0 Å². The average molecular weight is 223 g/mol. The summed E-state index contributed by atoms with van der Waals surface area (Å²) >= 11 is 1.65. The standard InChI is InChI=1S/C11H13NO2S/c1-4-14-9-5-8(13-3)11-10(12-9)7(2)6-15-11/h5-6H,4H2,1-3H3. The Kier molecular flexibility index (Phi) is 2.77. The van der Waals surface area contributed by atoms with E-state index < -0.39 is 0 Å². The van der Waals surface area contributed by atoms with Gasteiger partial charge in [0.2, 0.25) is 5.88 Å². The summed E-state index contributed by atoms with van der Waals surface area (Å²) in [5, 5.41) is 2.08. The molecule has 0 aliphatic heterocycles. The zero-order valence-corrected chi connectivity index (χ0v) is 9.85. The highest BCUT2D eigenvalue weighted by Gasteiger charge is 2.10. The molecule has 0 saturated heterocycles. The third kappa shape index (κ3) is 1.77. The van der Waals surface area contributed by atoms with Gasteiger partial charge in [-0.3, -0.25) is 0 Å². The first-order valence-corrected chi connectivity index (χ1v) is 5.69. The minimum atomic E-state index is 0.616. The van der Waals surface area contributed by atoms with Crippen LogP contribution < -0.4 is 9.47 Å². The van der Waals surface area contributed by atoms with Crippen LogP contribution in [0.25, 0.3) is 10.2 Å². The number of rotatable bonds is 3. The number of thiophene rings is 1. The van der Waals surface area contributed by atoms with Crippen LogP contribution in [0, 0.1) is 6.92 Å². The molecule has 0 bridgehead atoms. The van der Waals surface area contributed by atoms with Gasteiger partial charge < -0.3 is 9.47 Å². The van der Waals surface area contributed by atoms with Crippen molar-refractivity contribution >= 4 is 21.6 Å². The van der Waals surface area contributed by atoms with E-state index in [1.54, 1.807) is 18.4 Å². The van der Waals surface area contributed by atoms with Crippen molar-refractivity contribution in [2.24, 2.45) is 0 Å². The van der Waals surface area contributed by atoms with Gasteiger partial charge in [-0.2, -0.15) is 0 Å². The first kappa shape index (κ1) is 10.2. The molecule has 2 aromatic rings. The minimum absolute atomic E-state index is 0.616. The van der Waals surface area contributed by atoms with Crippen molar-refractivity contribution in [3.8, 4) is 11.6 Å². The fourth-order valence-electron chi connectivity index (χ4n) is 1.45. The molecule has 80 valence electrons. The third-order valence-electron chi connectivity index (χ3n) is 2.15. The van der Waals surface area contributed by atoms with Gasteiger partial charge in [0.05, 0.1) is 23.9 Å². The Morgan fingerprint density at radius 1 is 1.47 bits per heavy atom. The monoisotopic (exact) mass is 223 g/mol. The normalized spacial score (nSPS) is 10.6. The summed E-state index contributed by atoms with van der Waals surface area (Å²) in [5.74, 6) is 1.46. The van der Waals surface area contributed by atoms with Crippen LogP contribution in [0.1, 0.15) is 12.5 Å². The number of hydrogen-bond acceptors (Lipinski definition) is 4. The van der Waals surface area contributed by atoms with Crippen molar-refractivity contribution in [3.63, 3.8) is 0 Å². The van der Waals surface area contributed by atoms with Gasteiger partial charge in [-0.05, 0) is 24.8 Å². The van der Waals surface area contributed by atoms with Crippen molar-refractivity contribution in [1.82, 2.24) is 4.98 Å². The molecule has 2 heterocycles. The van der Waals surface area contributed by atoms with Crippen molar-refractivity contribution in [3.05, 3.63) is 17.0 Å². The molecule has 2 rings (SSSR count). The summed E-state index contributed by atoms with van der Waals surface area (Å²) in [5.41, 5.74) is 2.14. The summed E-state index contributed by atoms with van der Waals surface area (Å²) in [6.45, 7) is 4.60. The summed E-state index contributed by atoms with van der Waals surface area (Å²) in [6, 6.07) is 1.84. The van der Waals surface area contributed by atoms with Gasteiger partial charge in [-0.15, -0.1) is 11.3 Å². The molecule has 0 atom stereocenters. The maximum absolute atomic E-state index is 5.39. The van der Waals surface area contributed by atoms with E-state index in [1.165, 1.54) is 0 Å². The molecule has 15 heavy (non-hydrogen) atoms. The van der Waals surface area contributed by atoms with E-state index in [-0.39, 0.29) is 0 Å². The Morgan fingerprint density at radius 2 is 2.27 bits per heavy atom. The molecule has 3 nitrogen and oxygen atoms in total. The van der Waals surface area contributed by atoms with Gasteiger partial charge in [0.1, 0.15) is 5.75 Å². The number of aryl methyl sites for hydroxylation is 1. The van der Waals surface area contributed by atoms with Crippen molar-refractivity contribution in [2.45, 2.75) is 13.8 Å². The number of pyridine rings is 1. The Balaban J connectivity index is 2.62. The lowest BCUT2D eigenvalue weighted by Gasteiger charge is -2.06. The SMILES string of the molecule is CCOc1cc(OC)c2scc(C)c2n1. The third-order valence-corrected chi connectivity index (χ3v) is 3.26. The number of fused-ring (bicyclic) bond motifs is 1. The van der Waals surface area contributed by atoms with Crippen LogP contribution in [0.15, 0.2) is 11.4 Å². The lowest BCUT2D eigenvalue weighted by molar-refractivity contribution is 0.325. The Labute approximate surface area is 92.7 Å². The minimum Gasteiger partial charge on any atom is -0.495 e. The molecular formula is C11H13NO2S. The topological polar surface area (TPSA) is 31.4 Å². The summed E-state index contributed by atoms with van der Waals surface area (Å²) in [4.78, 5) is 4.44. The van der Waals surface area contributed by atoms with E-state index in [9.17, 15) is 0 Å². The number of hydrogen-bond donors (Lipinski definition) is 0. The van der Waals surface area contributed by atoms with Gasteiger partial charge in [-0.1, -0.05) is 0 Å². The highest BCUT2D eigenvalue weighted by atomic mass is 32.1.